The van der Waals surface area contributed by atoms with Gasteiger partial charge in [0, 0.05) is 18.6 Å². The molecule has 1 aliphatic heterocycles. The van der Waals surface area contributed by atoms with Crippen LogP contribution >= 0.6 is 0 Å². The number of hydrogen-bond donors (Lipinski definition) is 3. The molecule has 0 radical (unpaired) electrons. The zero-order chi connectivity index (χ0) is 14.7. The molecule has 0 amide bonds. The van der Waals surface area contributed by atoms with Crippen LogP contribution in [0.25, 0.3) is 0 Å². The summed E-state index contributed by atoms with van der Waals surface area (Å²) in [5, 5.41) is 3.51. The van der Waals surface area contributed by atoms with E-state index in [2.05, 4.69) is 37.5 Å². The highest BCUT2D eigenvalue weighted by Crippen LogP contribution is 2.30. The van der Waals surface area contributed by atoms with Crippen LogP contribution in [0.4, 0.5) is 17.8 Å². The van der Waals surface area contributed by atoms with Crippen LogP contribution in [0.15, 0.2) is 0 Å². The van der Waals surface area contributed by atoms with Gasteiger partial charge in [-0.2, -0.15) is 15.0 Å². The van der Waals surface area contributed by atoms with Crippen LogP contribution in [0, 0.1) is 0 Å². The van der Waals surface area contributed by atoms with Crippen LogP contribution in [0.5, 0.6) is 0 Å². The zero-order valence-electron chi connectivity index (χ0n) is 12.7. The van der Waals surface area contributed by atoms with Crippen molar-refractivity contribution in [3.8, 4) is 0 Å². The van der Waals surface area contributed by atoms with Gasteiger partial charge in [-0.25, -0.2) is 5.84 Å². The monoisotopic (exact) mass is 291 g/mol. The second-order valence-electron chi connectivity index (χ2n) is 6.37. The lowest BCUT2D eigenvalue weighted by Crippen LogP contribution is -2.38. The van der Waals surface area contributed by atoms with Gasteiger partial charge in [-0.1, -0.05) is 19.3 Å². The van der Waals surface area contributed by atoms with Crippen LogP contribution in [0.3, 0.4) is 0 Å². The van der Waals surface area contributed by atoms with E-state index in [-0.39, 0.29) is 5.54 Å². The molecule has 4 N–H and O–H groups in total. The van der Waals surface area contributed by atoms with Crippen LogP contribution in [-0.2, 0) is 0 Å². The van der Waals surface area contributed by atoms with Crippen molar-refractivity contribution in [2.24, 2.45) is 5.84 Å². The lowest BCUT2D eigenvalue weighted by Gasteiger charge is -2.34. The van der Waals surface area contributed by atoms with E-state index < -0.39 is 0 Å². The van der Waals surface area contributed by atoms with Crippen molar-refractivity contribution in [3.05, 3.63) is 0 Å². The predicted molar refractivity (Wildman–Crippen MR) is 84.2 cm³/mol. The van der Waals surface area contributed by atoms with Gasteiger partial charge in [-0.05, 0) is 32.6 Å². The summed E-state index contributed by atoms with van der Waals surface area (Å²) in [6, 6.07) is 0. The van der Waals surface area contributed by atoms with E-state index in [1.54, 1.807) is 0 Å². The number of nitrogens with one attached hydrogen (secondary N) is 2. The second kappa shape index (κ2) is 6.01. The molecule has 0 spiro atoms. The first-order valence-corrected chi connectivity index (χ1v) is 7.94. The third kappa shape index (κ3) is 3.34. The first-order chi connectivity index (χ1) is 10.2. The van der Waals surface area contributed by atoms with E-state index in [1.165, 1.54) is 32.1 Å². The Bertz CT molecular complexity index is 478. The maximum absolute atomic E-state index is 5.50. The molecule has 0 atom stereocenters. The number of hydrazine groups is 1. The average Bonchev–Trinajstić information content (AvgIpc) is 3.01. The van der Waals surface area contributed by atoms with E-state index in [0.717, 1.165) is 31.9 Å². The van der Waals surface area contributed by atoms with Crippen molar-refractivity contribution in [1.82, 2.24) is 15.0 Å². The van der Waals surface area contributed by atoms with Crippen molar-refractivity contribution in [2.45, 2.75) is 57.4 Å². The minimum absolute atomic E-state index is 0.0771. The smallest absolute Gasteiger partial charge is 0.243 e. The molecule has 1 saturated heterocycles. The van der Waals surface area contributed by atoms with Crippen LogP contribution in [-0.4, -0.2) is 33.6 Å². The quantitative estimate of drug-likeness (QED) is 0.576. The lowest BCUT2D eigenvalue weighted by molar-refractivity contribution is 0.347. The summed E-state index contributed by atoms with van der Waals surface area (Å²) in [7, 11) is 0. The maximum Gasteiger partial charge on any atom is 0.243 e. The molecule has 0 bridgehead atoms. The summed E-state index contributed by atoms with van der Waals surface area (Å²) in [5.41, 5.74) is 2.63. The van der Waals surface area contributed by atoms with Crippen LogP contribution in [0.2, 0.25) is 0 Å². The number of nitrogens with two attached hydrogens (primary N) is 1. The number of rotatable bonds is 4. The molecule has 1 aromatic rings. The Labute approximate surface area is 125 Å². The Kier molecular flexibility index (Phi) is 4.10. The number of hydrogen-bond acceptors (Lipinski definition) is 7. The molecular weight excluding hydrogens is 266 g/mol. The fraction of sp³-hybridized carbons (Fsp3) is 0.786. The predicted octanol–water partition coefficient (Wildman–Crippen LogP) is 1.89. The highest BCUT2D eigenvalue weighted by atomic mass is 15.4. The number of nitrogens with zero attached hydrogens (tertiary/aromatic N) is 4. The van der Waals surface area contributed by atoms with E-state index in [1.807, 2.05) is 0 Å². The fourth-order valence-electron chi connectivity index (χ4n) is 3.27. The molecule has 2 heterocycles. The minimum atomic E-state index is 0.0771. The molecule has 1 aliphatic carbocycles. The van der Waals surface area contributed by atoms with Crippen molar-refractivity contribution in [1.29, 1.82) is 0 Å². The summed E-state index contributed by atoms with van der Waals surface area (Å²) in [4.78, 5) is 15.5. The van der Waals surface area contributed by atoms with Crippen molar-refractivity contribution in [3.63, 3.8) is 0 Å². The molecule has 0 unspecified atom stereocenters. The molecule has 1 aromatic heterocycles. The van der Waals surface area contributed by atoms with Gasteiger partial charge in [-0.15, -0.1) is 0 Å². The Morgan fingerprint density at radius 3 is 2.29 bits per heavy atom. The van der Waals surface area contributed by atoms with Gasteiger partial charge in [0.05, 0.1) is 0 Å². The van der Waals surface area contributed by atoms with Gasteiger partial charge in [0.1, 0.15) is 0 Å². The fourth-order valence-corrected chi connectivity index (χ4v) is 3.27. The van der Waals surface area contributed by atoms with Crippen molar-refractivity contribution in [2.75, 3.05) is 28.7 Å². The maximum atomic E-state index is 5.50. The first-order valence-electron chi connectivity index (χ1n) is 7.94. The van der Waals surface area contributed by atoms with Crippen LogP contribution in [0.1, 0.15) is 51.9 Å². The lowest BCUT2D eigenvalue weighted by atomic mass is 9.83. The summed E-state index contributed by atoms with van der Waals surface area (Å²) < 4.78 is 0. The number of nitrogen functional groups attached to an aromatic ring is 1. The summed E-state index contributed by atoms with van der Waals surface area (Å²) in [5.74, 6) is 7.28. The molecule has 21 heavy (non-hydrogen) atoms. The molecule has 2 aliphatic rings. The van der Waals surface area contributed by atoms with E-state index >= 15 is 0 Å². The van der Waals surface area contributed by atoms with Gasteiger partial charge < -0.3 is 10.2 Å². The highest BCUT2D eigenvalue weighted by Gasteiger charge is 2.28. The van der Waals surface area contributed by atoms with Gasteiger partial charge in [0.25, 0.3) is 0 Å². The van der Waals surface area contributed by atoms with Crippen molar-refractivity contribution >= 4 is 17.8 Å². The Balaban J connectivity index is 1.81. The molecule has 3 rings (SSSR count). The Morgan fingerprint density at radius 2 is 1.62 bits per heavy atom. The molecule has 116 valence electrons. The van der Waals surface area contributed by atoms with Gasteiger partial charge >= 0.3 is 0 Å². The molecule has 7 heteroatoms. The summed E-state index contributed by atoms with van der Waals surface area (Å²) in [6.45, 7) is 4.26. The van der Waals surface area contributed by atoms with E-state index in [9.17, 15) is 0 Å². The largest absolute Gasteiger partial charge is 0.349 e. The number of aromatic nitrogens is 3. The Morgan fingerprint density at radius 1 is 0.952 bits per heavy atom. The number of anilines is 3. The van der Waals surface area contributed by atoms with Crippen LogP contribution < -0.4 is 21.5 Å². The van der Waals surface area contributed by atoms with Crippen molar-refractivity contribution < 1.29 is 0 Å². The van der Waals surface area contributed by atoms with E-state index in [0.29, 0.717) is 11.9 Å². The van der Waals surface area contributed by atoms with E-state index in [4.69, 9.17) is 5.84 Å². The standard InChI is InChI=1S/C14H25N7/c1-14(7-3-2-4-8-14)19-11-16-12(20-15)18-13(17-11)21-9-5-6-10-21/h2-10,15H2,1H3,(H2,16,17,18,19,20). The topological polar surface area (TPSA) is 92.0 Å². The third-order valence-electron chi connectivity index (χ3n) is 4.51. The van der Waals surface area contributed by atoms with Gasteiger partial charge in [-0.3, -0.25) is 5.43 Å². The summed E-state index contributed by atoms with van der Waals surface area (Å²) >= 11 is 0. The van der Waals surface area contributed by atoms with Gasteiger partial charge in [0.2, 0.25) is 17.8 Å². The molecular formula is C14H25N7. The minimum Gasteiger partial charge on any atom is -0.349 e. The third-order valence-corrected chi connectivity index (χ3v) is 4.51. The molecule has 2 fully saturated rings. The Hall–Kier alpha value is -1.63. The SMILES string of the molecule is CC1(Nc2nc(NN)nc(N3CCCC3)n2)CCCCC1. The highest BCUT2D eigenvalue weighted by molar-refractivity contribution is 5.45. The molecule has 1 saturated carbocycles. The molecule has 0 aromatic carbocycles. The van der Waals surface area contributed by atoms with Gasteiger partial charge in [0.15, 0.2) is 0 Å². The first kappa shape index (κ1) is 14.3. The average molecular weight is 291 g/mol. The second-order valence-corrected chi connectivity index (χ2v) is 6.37. The normalized spacial score (nSPS) is 21.3. The molecule has 7 nitrogen and oxygen atoms in total. The zero-order valence-corrected chi connectivity index (χ0v) is 12.7. The summed E-state index contributed by atoms with van der Waals surface area (Å²) in [6.07, 6.45) is 8.54.